The zero-order valence-corrected chi connectivity index (χ0v) is 22.1. The minimum Gasteiger partial charge on any atom is -0.368 e. The van der Waals surface area contributed by atoms with Crippen LogP contribution in [0.3, 0.4) is 0 Å². The smallest absolute Gasteiger partial charge is 0.368 e. The Hall–Kier alpha value is -3.12. The zero-order valence-electron chi connectivity index (χ0n) is 21.3. The summed E-state index contributed by atoms with van der Waals surface area (Å²) < 4.78 is 66.5. The molecule has 3 heterocycles. The van der Waals surface area contributed by atoms with Gasteiger partial charge in [0.1, 0.15) is 5.82 Å². The monoisotopic (exact) mass is 570 g/mol. The lowest BCUT2D eigenvalue weighted by Gasteiger charge is -2.37. The second kappa shape index (κ2) is 11.5. The quantitative estimate of drug-likeness (QED) is 0.318. The fourth-order valence-corrected chi connectivity index (χ4v) is 4.65. The van der Waals surface area contributed by atoms with Gasteiger partial charge in [0.05, 0.1) is 22.1 Å². The molecular formula is C26H28ClF5N6O. The molecule has 0 spiro atoms. The molecule has 1 aliphatic rings. The molecule has 4 rings (SSSR count). The number of anilines is 1. The van der Waals surface area contributed by atoms with Crippen LogP contribution >= 0.6 is 11.6 Å². The van der Waals surface area contributed by atoms with Gasteiger partial charge in [-0.3, -0.25) is 9.69 Å². The first-order chi connectivity index (χ1) is 18.4. The van der Waals surface area contributed by atoms with Crippen LogP contribution in [0, 0.1) is 0 Å². The molecule has 3 aromatic rings. The Morgan fingerprint density at radius 2 is 1.79 bits per heavy atom. The second-order valence-corrected chi connectivity index (χ2v) is 10.0. The number of amides is 1. The fraction of sp³-hybridized carbons (Fsp3) is 0.462. The van der Waals surface area contributed by atoms with Crippen molar-refractivity contribution in [2.75, 3.05) is 25.0 Å². The summed E-state index contributed by atoms with van der Waals surface area (Å²) >= 11 is 6.39. The van der Waals surface area contributed by atoms with Crippen LogP contribution in [0.4, 0.5) is 27.8 Å². The molecule has 7 nitrogen and oxygen atoms in total. The number of fused-ring (bicyclic) bond motifs is 1. The Balaban J connectivity index is 1.58. The molecule has 1 aliphatic heterocycles. The highest BCUT2D eigenvalue weighted by atomic mass is 35.5. The average Bonchev–Trinajstić information content (AvgIpc) is 2.89. The van der Waals surface area contributed by atoms with Gasteiger partial charge in [0.15, 0.2) is 0 Å². The van der Waals surface area contributed by atoms with E-state index in [0.717, 1.165) is 18.8 Å². The minimum atomic E-state index is -4.72. The van der Waals surface area contributed by atoms with E-state index in [1.54, 1.807) is 29.2 Å². The topological polar surface area (TPSA) is 83.0 Å². The first-order valence-electron chi connectivity index (χ1n) is 12.5. The van der Waals surface area contributed by atoms with Gasteiger partial charge in [-0.05, 0) is 37.6 Å². The predicted octanol–water partition coefficient (Wildman–Crippen LogP) is 6.11. The number of carbonyl (C=O) groups excluding carboxylic acids is 1. The maximum absolute atomic E-state index is 13.8. The maximum atomic E-state index is 13.8. The first-order valence-corrected chi connectivity index (χ1v) is 12.9. The number of carbonyl (C=O) groups is 1. The summed E-state index contributed by atoms with van der Waals surface area (Å²) in [6, 6.07) is 6.22. The Labute approximate surface area is 227 Å². The fourth-order valence-electron chi connectivity index (χ4n) is 4.40. The highest BCUT2D eigenvalue weighted by molar-refractivity contribution is 6.35. The number of nitrogens with one attached hydrogen (secondary N) is 2. The van der Waals surface area contributed by atoms with Crippen LogP contribution in [0.15, 0.2) is 36.7 Å². The van der Waals surface area contributed by atoms with Gasteiger partial charge in [-0.25, -0.2) is 23.7 Å². The lowest BCUT2D eigenvalue weighted by atomic mass is 10.0. The number of alkyl halides is 5. The number of benzene rings is 1. The van der Waals surface area contributed by atoms with Crippen molar-refractivity contribution >= 4 is 34.2 Å². The molecule has 210 valence electrons. The van der Waals surface area contributed by atoms with Crippen molar-refractivity contribution in [1.29, 1.82) is 0 Å². The predicted molar refractivity (Wildman–Crippen MR) is 138 cm³/mol. The van der Waals surface area contributed by atoms with Crippen molar-refractivity contribution < 1.29 is 26.7 Å². The number of hydrogen-bond acceptors (Lipinski definition) is 6. The van der Waals surface area contributed by atoms with Crippen molar-refractivity contribution in [3.05, 3.63) is 58.6 Å². The van der Waals surface area contributed by atoms with Gasteiger partial charge >= 0.3 is 6.18 Å². The van der Waals surface area contributed by atoms with Crippen molar-refractivity contribution in [3.63, 3.8) is 0 Å². The van der Waals surface area contributed by atoms with Gasteiger partial charge in [-0.15, -0.1) is 0 Å². The van der Waals surface area contributed by atoms with Gasteiger partial charge in [-0.2, -0.15) is 13.2 Å². The number of likely N-dealkylation sites (tertiary alicyclic amines) is 1. The Kier molecular flexibility index (Phi) is 8.55. The molecule has 1 amide bonds. The SMILES string of the molecule is CCC(C)Nc1ccc2c(C(=O)NCC(c3cnc(C(F)(F)F)nc3)N3CCC(F)(F)CC3)c(Cl)ccc2n1. The molecule has 13 heteroatoms. The molecule has 1 fully saturated rings. The lowest BCUT2D eigenvalue weighted by molar-refractivity contribution is -0.145. The third-order valence-corrected chi connectivity index (χ3v) is 7.11. The highest BCUT2D eigenvalue weighted by Crippen LogP contribution is 2.33. The Morgan fingerprint density at radius 3 is 2.41 bits per heavy atom. The van der Waals surface area contributed by atoms with E-state index in [9.17, 15) is 26.7 Å². The van der Waals surface area contributed by atoms with Gasteiger partial charge in [0.25, 0.3) is 11.8 Å². The molecular weight excluding hydrogens is 543 g/mol. The van der Waals surface area contributed by atoms with Crippen molar-refractivity contribution in [3.8, 4) is 0 Å². The molecule has 0 bridgehead atoms. The van der Waals surface area contributed by atoms with E-state index < -0.39 is 42.7 Å². The summed E-state index contributed by atoms with van der Waals surface area (Å²) in [5.74, 6) is -4.02. The zero-order chi connectivity index (χ0) is 28.4. The van der Waals surface area contributed by atoms with E-state index >= 15 is 0 Å². The summed E-state index contributed by atoms with van der Waals surface area (Å²) in [4.78, 5) is 26.4. The normalized spacial score (nSPS) is 17.5. The number of aromatic nitrogens is 3. The summed E-state index contributed by atoms with van der Waals surface area (Å²) in [5, 5.41) is 6.76. The van der Waals surface area contributed by atoms with Crippen LogP contribution in [0.5, 0.6) is 0 Å². The number of halogens is 6. The molecule has 2 unspecified atom stereocenters. The maximum Gasteiger partial charge on any atom is 0.451 e. The molecule has 2 N–H and O–H groups in total. The van der Waals surface area contributed by atoms with Gasteiger partial charge in [0, 0.05) is 61.9 Å². The molecule has 0 aliphatic carbocycles. The van der Waals surface area contributed by atoms with Gasteiger partial charge in [-0.1, -0.05) is 18.5 Å². The number of rotatable bonds is 8. The number of nitrogens with zero attached hydrogens (tertiary/aromatic N) is 4. The molecule has 2 atom stereocenters. The Morgan fingerprint density at radius 1 is 1.13 bits per heavy atom. The molecule has 2 aromatic heterocycles. The lowest BCUT2D eigenvalue weighted by Crippen LogP contribution is -2.45. The third-order valence-electron chi connectivity index (χ3n) is 6.79. The first kappa shape index (κ1) is 28.9. The van der Waals surface area contributed by atoms with E-state index in [4.69, 9.17) is 11.6 Å². The molecule has 39 heavy (non-hydrogen) atoms. The van der Waals surface area contributed by atoms with E-state index in [-0.39, 0.29) is 41.8 Å². The van der Waals surface area contributed by atoms with Crippen LogP contribution in [-0.2, 0) is 6.18 Å². The van der Waals surface area contributed by atoms with Crippen LogP contribution in [0.25, 0.3) is 10.9 Å². The van der Waals surface area contributed by atoms with Crippen LogP contribution in [0.1, 0.15) is 60.9 Å². The standard InChI is InChI=1S/C26H28ClF5N6O/c1-3-15(2)36-21-7-4-17-19(37-21)6-5-18(27)22(17)23(39)33-14-20(38-10-8-25(28,29)9-11-38)16-12-34-24(35-13-16)26(30,31)32/h4-7,12-13,15,20H,3,8-11,14H2,1-2H3,(H,33,39)(H,36,37). The molecule has 1 saturated heterocycles. The number of pyridine rings is 1. The Bertz CT molecular complexity index is 1310. The minimum absolute atomic E-state index is 0.0144. The average molecular weight is 571 g/mol. The van der Waals surface area contributed by atoms with Gasteiger partial charge in [0.2, 0.25) is 5.82 Å². The van der Waals surface area contributed by atoms with Gasteiger partial charge < -0.3 is 10.6 Å². The van der Waals surface area contributed by atoms with Crippen LogP contribution in [-0.4, -0.2) is 57.4 Å². The highest BCUT2D eigenvalue weighted by Gasteiger charge is 2.38. The summed E-state index contributed by atoms with van der Waals surface area (Å²) in [7, 11) is 0. The second-order valence-electron chi connectivity index (χ2n) is 9.59. The third kappa shape index (κ3) is 6.91. The van der Waals surface area contributed by atoms with E-state index in [2.05, 4.69) is 25.6 Å². The summed E-state index contributed by atoms with van der Waals surface area (Å²) in [6.07, 6.45) is -2.62. The largest absolute Gasteiger partial charge is 0.451 e. The number of piperidine rings is 1. The molecule has 1 aromatic carbocycles. The van der Waals surface area contributed by atoms with E-state index in [0.29, 0.717) is 16.7 Å². The summed E-state index contributed by atoms with van der Waals surface area (Å²) in [6.45, 7) is 3.94. The van der Waals surface area contributed by atoms with Crippen LogP contribution in [0.2, 0.25) is 5.02 Å². The van der Waals surface area contributed by atoms with Crippen molar-refractivity contribution in [2.45, 2.75) is 57.3 Å². The molecule has 0 saturated carbocycles. The molecule has 0 radical (unpaired) electrons. The number of hydrogen-bond donors (Lipinski definition) is 2. The van der Waals surface area contributed by atoms with Crippen molar-refractivity contribution in [1.82, 2.24) is 25.2 Å². The van der Waals surface area contributed by atoms with Crippen LogP contribution < -0.4 is 10.6 Å². The summed E-state index contributed by atoms with van der Waals surface area (Å²) in [5.41, 5.74) is 0.994. The van der Waals surface area contributed by atoms with Crippen molar-refractivity contribution in [2.24, 2.45) is 0 Å². The van der Waals surface area contributed by atoms with E-state index in [1.807, 2.05) is 13.8 Å². The van der Waals surface area contributed by atoms with E-state index in [1.165, 1.54) is 0 Å².